The van der Waals surface area contributed by atoms with Gasteiger partial charge in [-0.15, -0.1) is 0 Å². The Balaban J connectivity index is 1.56. The second-order valence-corrected chi connectivity index (χ2v) is 11.3. The Morgan fingerprint density at radius 1 is 0.969 bits per heavy atom. The summed E-state index contributed by atoms with van der Waals surface area (Å²) in [6.45, 7) is 4.59. The molecule has 1 aliphatic heterocycles. The van der Waals surface area contributed by atoms with Gasteiger partial charge in [0.25, 0.3) is 0 Å². The maximum atomic E-state index is 13.4. The minimum absolute atomic E-state index is 0.175. The van der Waals surface area contributed by atoms with Gasteiger partial charge < -0.3 is 4.90 Å². The first-order valence-electron chi connectivity index (χ1n) is 10.5. The number of hydrogen-bond acceptors (Lipinski definition) is 4. The Kier molecular flexibility index (Phi) is 5.69. The summed E-state index contributed by atoms with van der Waals surface area (Å²) in [5.41, 5.74) is 1.01. The molecule has 1 aliphatic rings. The van der Waals surface area contributed by atoms with Gasteiger partial charge in [-0.25, -0.2) is 8.42 Å². The van der Waals surface area contributed by atoms with Crippen molar-refractivity contribution in [1.82, 2.24) is 4.98 Å². The van der Waals surface area contributed by atoms with Crippen molar-refractivity contribution in [2.75, 3.05) is 18.0 Å². The largest absolute Gasteiger partial charge is 0.416 e. The minimum Gasteiger partial charge on any atom is -0.371 e. The summed E-state index contributed by atoms with van der Waals surface area (Å²) >= 11 is 0. The molecule has 1 saturated heterocycles. The zero-order chi connectivity index (χ0) is 23.1. The van der Waals surface area contributed by atoms with Gasteiger partial charge in [0.05, 0.1) is 20.7 Å². The monoisotopic (exact) mass is 462 g/mol. The second kappa shape index (κ2) is 8.06. The van der Waals surface area contributed by atoms with Crippen LogP contribution in [0.1, 0.15) is 32.3 Å². The van der Waals surface area contributed by atoms with Crippen molar-refractivity contribution >= 4 is 26.4 Å². The maximum absolute atomic E-state index is 13.4. The van der Waals surface area contributed by atoms with Gasteiger partial charge in [0.2, 0.25) is 0 Å². The second-order valence-electron chi connectivity index (χ2n) is 8.74. The molecule has 1 fully saturated rings. The number of sulfone groups is 1. The number of nitrogens with zero attached hydrogens (tertiary/aromatic N) is 2. The van der Waals surface area contributed by atoms with E-state index in [1.54, 1.807) is 20.0 Å². The van der Waals surface area contributed by atoms with Crippen molar-refractivity contribution in [3.63, 3.8) is 0 Å². The van der Waals surface area contributed by atoms with Crippen molar-refractivity contribution in [1.29, 1.82) is 0 Å². The van der Waals surface area contributed by atoms with E-state index in [0.29, 0.717) is 25.9 Å². The van der Waals surface area contributed by atoms with Gasteiger partial charge >= 0.3 is 6.18 Å². The fourth-order valence-electron chi connectivity index (χ4n) is 4.54. The SMILES string of the molecule is CC(C)(C1CCN(c2cccc3ncccc23)CC1)S(=O)(=O)c1cccc(C(F)(F)F)c1. The smallest absolute Gasteiger partial charge is 0.371 e. The predicted octanol–water partition coefficient (Wildman–Crippen LogP) is 5.72. The highest BCUT2D eigenvalue weighted by Crippen LogP contribution is 2.40. The Morgan fingerprint density at radius 2 is 1.66 bits per heavy atom. The van der Waals surface area contributed by atoms with E-state index in [-0.39, 0.29) is 10.8 Å². The zero-order valence-electron chi connectivity index (χ0n) is 17.9. The van der Waals surface area contributed by atoms with E-state index in [0.717, 1.165) is 34.8 Å². The topological polar surface area (TPSA) is 50.3 Å². The van der Waals surface area contributed by atoms with Crippen LogP contribution < -0.4 is 4.90 Å². The molecule has 0 saturated carbocycles. The Labute approximate surface area is 186 Å². The van der Waals surface area contributed by atoms with Gasteiger partial charge in [-0.1, -0.05) is 12.1 Å². The quantitative estimate of drug-likeness (QED) is 0.497. The molecule has 0 N–H and O–H groups in total. The molecule has 170 valence electrons. The molecule has 0 atom stereocenters. The number of hydrogen-bond donors (Lipinski definition) is 0. The normalized spacial score (nSPS) is 16.5. The van der Waals surface area contributed by atoms with Crippen LogP contribution in [-0.4, -0.2) is 31.2 Å². The molecule has 4 rings (SSSR count). The zero-order valence-corrected chi connectivity index (χ0v) is 18.7. The maximum Gasteiger partial charge on any atom is 0.416 e. The Hall–Kier alpha value is -2.61. The molecule has 0 amide bonds. The van der Waals surface area contributed by atoms with Gasteiger partial charge in [0.15, 0.2) is 9.84 Å². The van der Waals surface area contributed by atoms with Crippen LogP contribution in [0.15, 0.2) is 65.7 Å². The number of pyridine rings is 1. The lowest BCUT2D eigenvalue weighted by molar-refractivity contribution is -0.137. The summed E-state index contributed by atoms with van der Waals surface area (Å²) in [7, 11) is -3.97. The average Bonchev–Trinajstić information content (AvgIpc) is 2.78. The number of rotatable bonds is 4. The van der Waals surface area contributed by atoms with Crippen molar-refractivity contribution in [2.24, 2.45) is 5.92 Å². The van der Waals surface area contributed by atoms with Crippen molar-refractivity contribution in [3.05, 3.63) is 66.4 Å². The highest BCUT2D eigenvalue weighted by Gasteiger charge is 2.44. The molecule has 0 radical (unpaired) electrons. The van der Waals surface area contributed by atoms with Crippen LogP contribution in [0.3, 0.4) is 0 Å². The lowest BCUT2D eigenvalue weighted by atomic mass is 9.85. The molecule has 3 aromatic rings. The fraction of sp³-hybridized carbons (Fsp3) is 0.375. The first kappa shape index (κ1) is 22.6. The summed E-state index contributed by atoms with van der Waals surface area (Å²) in [5, 5.41) is 1.05. The molecule has 2 heterocycles. The van der Waals surface area contributed by atoms with E-state index in [1.165, 1.54) is 6.07 Å². The van der Waals surface area contributed by atoms with E-state index in [1.807, 2.05) is 30.3 Å². The van der Waals surface area contributed by atoms with Crippen LogP contribution in [0, 0.1) is 5.92 Å². The van der Waals surface area contributed by atoms with Gasteiger partial charge in [-0.3, -0.25) is 4.98 Å². The van der Waals surface area contributed by atoms with E-state index < -0.39 is 26.3 Å². The third-order valence-electron chi connectivity index (χ3n) is 6.61. The summed E-state index contributed by atoms with van der Waals surface area (Å²) in [5.74, 6) is -0.175. The minimum atomic E-state index is -4.59. The first-order valence-corrected chi connectivity index (χ1v) is 12.0. The van der Waals surface area contributed by atoms with Crippen LogP contribution in [0.4, 0.5) is 18.9 Å². The number of alkyl halides is 3. The van der Waals surface area contributed by atoms with E-state index in [2.05, 4.69) is 9.88 Å². The molecule has 32 heavy (non-hydrogen) atoms. The number of halogens is 3. The van der Waals surface area contributed by atoms with Crippen LogP contribution in [-0.2, 0) is 16.0 Å². The molecule has 1 aromatic heterocycles. The van der Waals surface area contributed by atoms with Crippen LogP contribution in [0.25, 0.3) is 10.9 Å². The lowest BCUT2D eigenvalue weighted by Crippen LogP contribution is -2.46. The number of fused-ring (bicyclic) bond motifs is 1. The molecule has 8 heteroatoms. The van der Waals surface area contributed by atoms with Gasteiger partial charge in [0.1, 0.15) is 0 Å². The number of benzene rings is 2. The molecule has 4 nitrogen and oxygen atoms in total. The van der Waals surface area contributed by atoms with Crippen molar-refractivity contribution in [2.45, 2.75) is 42.5 Å². The highest BCUT2D eigenvalue weighted by atomic mass is 32.2. The molecular weight excluding hydrogens is 437 g/mol. The van der Waals surface area contributed by atoms with Gasteiger partial charge in [-0.2, -0.15) is 13.2 Å². The van der Waals surface area contributed by atoms with Crippen LogP contribution in [0.5, 0.6) is 0 Å². The summed E-state index contributed by atoms with van der Waals surface area (Å²) < 4.78 is 64.9. The third-order valence-corrected chi connectivity index (χ3v) is 9.20. The molecule has 0 unspecified atom stereocenters. The van der Waals surface area contributed by atoms with Crippen LogP contribution >= 0.6 is 0 Å². The van der Waals surface area contributed by atoms with Crippen LogP contribution in [0.2, 0.25) is 0 Å². The highest BCUT2D eigenvalue weighted by molar-refractivity contribution is 7.92. The van der Waals surface area contributed by atoms with Crippen molar-refractivity contribution < 1.29 is 21.6 Å². The number of aromatic nitrogens is 1. The van der Waals surface area contributed by atoms with E-state index in [4.69, 9.17) is 0 Å². The molecule has 2 aromatic carbocycles. The molecular formula is C24H25F3N2O2S. The van der Waals surface area contributed by atoms with Gasteiger partial charge in [-0.05, 0) is 75.1 Å². The average molecular weight is 463 g/mol. The standard InChI is InChI=1S/C24H25F3N2O2S/c1-23(2,32(30,31)19-7-3-6-18(16-19)24(25,26)27)17-11-14-29(15-12-17)22-10-4-9-21-20(22)8-5-13-28-21/h3-10,13,16-17H,11-12,14-15H2,1-2H3. The predicted molar refractivity (Wildman–Crippen MR) is 119 cm³/mol. The van der Waals surface area contributed by atoms with E-state index in [9.17, 15) is 21.6 Å². The third kappa shape index (κ3) is 3.96. The summed E-state index contributed by atoms with van der Waals surface area (Å²) in [4.78, 5) is 6.35. The summed E-state index contributed by atoms with van der Waals surface area (Å²) in [6, 6.07) is 13.9. The van der Waals surface area contributed by atoms with E-state index >= 15 is 0 Å². The first-order chi connectivity index (χ1) is 15.0. The number of anilines is 1. The summed E-state index contributed by atoms with van der Waals surface area (Å²) in [6.07, 6.45) is -1.59. The molecule has 0 aliphatic carbocycles. The Morgan fingerprint density at radius 3 is 2.34 bits per heavy atom. The van der Waals surface area contributed by atoms with Gasteiger partial charge in [0, 0.05) is 30.4 Å². The fourth-order valence-corrected chi connectivity index (χ4v) is 6.36. The lowest BCUT2D eigenvalue weighted by Gasteiger charge is -2.41. The van der Waals surface area contributed by atoms with Crippen molar-refractivity contribution in [3.8, 4) is 0 Å². The molecule has 0 spiro atoms. The molecule has 0 bridgehead atoms. The number of piperidine rings is 1. The Bertz CT molecular complexity index is 1230.